The average Bonchev–Trinajstić information content (AvgIpc) is 2.91. The number of carbonyl (C=O) groups is 2. The maximum atomic E-state index is 13.5. The second-order valence-corrected chi connectivity index (χ2v) is 11.4. The van der Waals surface area contributed by atoms with Crippen molar-refractivity contribution in [3.05, 3.63) is 42.5 Å². The Labute approximate surface area is 228 Å². The van der Waals surface area contributed by atoms with Gasteiger partial charge in [-0.3, -0.25) is 19.9 Å². The zero-order valence-electron chi connectivity index (χ0n) is 21.9. The lowest BCUT2D eigenvalue weighted by atomic mass is 10.1. The molecule has 1 fully saturated rings. The van der Waals surface area contributed by atoms with Gasteiger partial charge in [-0.2, -0.15) is 4.72 Å². The molecule has 0 saturated carbocycles. The number of amides is 1. The average molecular weight is 563 g/mol. The molecule has 1 saturated heterocycles. The van der Waals surface area contributed by atoms with Crippen molar-refractivity contribution in [3.63, 3.8) is 0 Å². The van der Waals surface area contributed by atoms with Crippen LogP contribution in [0.2, 0.25) is 0 Å². The summed E-state index contributed by atoms with van der Waals surface area (Å²) < 4.78 is 29.2. The van der Waals surface area contributed by atoms with E-state index in [-0.39, 0.29) is 29.6 Å². The van der Waals surface area contributed by atoms with Crippen LogP contribution in [0.25, 0.3) is 10.8 Å². The summed E-state index contributed by atoms with van der Waals surface area (Å²) in [7, 11) is -4.01. The van der Waals surface area contributed by atoms with Crippen molar-refractivity contribution in [2.75, 3.05) is 32.7 Å². The number of fused-ring (bicyclic) bond motifs is 1. The highest BCUT2D eigenvalue weighted by Gasteiger charge is 2.32. The number of nitrogens with two attached hydrogens (primary N) is 1. The van der Waals surface area contributed by atoms with Crippen molar-refractivity contribution in [1.82, 2.24) is 19.8 Å². The lowest BCUT2D eigenvalue weighted by molar-refractivity contribution is -0.137. The second kappa shape index (κ2) is 14.2. The molecule has 0 spiro atoms. The van der Waals surface area contributed by atoms with E-state index in [0.29, 0.717) is 58.4 Å². The third-order valence-corrected chi connectivity index (χ3v) is 8.23. The van der Waals surface area contributed by atoms with Crippen LogP contribution in [-0.4, -0.2) is 91.3 Å². The normalized spacial score (nSPS) is 16.1. The summed E-state index contributed by atoms with van der Waals surface area (Å²) in [5.74, 6) is -1.41. The minimum absolute atomic E-state index is 0.0629. The van der Waals surface area contributed by atoms with Crippen molar-refractivity contribution in [2.45, 2.75) is 55.7 Å². The molecule has 0 radical (unpaired) electrons. The van der Waals surface area contributed by atoms with Gasteiger partial charge in [0, 0.05) is 39.1 Å². The van der Waals surface area contributed by atoms with Crippen LogP contribution in [0.3, 0.4) is 0 Å². The number of rotatable bonds is 14. The number of nitrogens with one attached hydrogen (secondary N) is 3. The molecule has 0 bridgehead atoms. The molecule has 39 heavy (non-hydrogen) atoms. The van der Waals surface area contributed by atoms with Gasteiger partial charge in [0.15, 0.2) is 5.96 Å². The van der Waals surface area contributed by atoms with Gasteiger partial charge in [0.1, 0.15) is 12.3 Å². The highest BCUT2D eigenvalue weighted by Crippen LogP contribution is 2.20. The zero-order chi connectivity index (χ0) is 28.4. The number of sulfonamides is 1. The van der Waals surface area contributed by atoms with Crippen molar-refractivity contribution < 1.29 is 28.2 Å². The summed E-state index contributed by atoms with van der Waals surface area (Å²) in [5.41, 5.74) is 5.33. The Morgan fingerprint density at radius 1 is 1.00 bits per heavy atom. The van der Waals surface area contributed by atoms with Gasteiger partial charge in [-0.05, 0) is 55.0 Å². The van der Waals surface area contributed by atoms with Crippen LogP contribution < -0.4 is 15.8 Å². The predicted octanol–water partition coefficient (Wildman–Crippen LogP) is 0.858. The number of piperazine rings is 1. The second-order valence-electron chi connectivity index (χ2n) is 9.65. The molecule has 214 valence electrons. The first-order valence-corrected chi connectivity index (χ1v) is 14.6. The number of nitrogens with zero attached hydrogens (tertiary/aromatic N) is 2. The number of aliphatic hydroxyl groups excluding tert-OH is 1. The third-order valence-electron chi connectivity index (χ3n) is 6.76. The molecule has 1 heterocycles. The minimum atomic E-state index is -4.01. The van der Waals surface area contributed by atoms with Crippen LogP contribution in [0.5, 0.6) is 0 Å². The number of hydrogen-bond acceptors (Lipinski definition) is 7. The molecule has 2 atom stereocenters. The molecule has 1 unspecified atom stereocenters. The molecular weight excluding hydrogens is 524 g/mol. The number of aliphatic carboxylic acids is 1. The third kappa shape index (κ3) is 9.17. The van der Waals surface area contributed by atoms with Crippen molar-refractivity contribution in [1.29, 1.82) is 5.41 Å². The molecule has 13 heteroatoms. The van der Waals surface area contributed by atoms with Gasteiger partial charge in [0.05, 0.1) is 4.90 Å². The van der Waals surface area contributed by atoms with E-state index in [9.17, 15) is 23.1 Å². The maximum Gasteiger partial charge on any atom is 0.303 e. The molecule has 0 aromatic heterocycles. The maximum absolute atomic E-state index is 13.5. The number of unbranched alkanes of at least 4 members (excludes halogenated alkanes) is 1. The Morgan fingerprint density at radius 3 is 2.36 bits per heavy atom. The van der Waals surface area contributed by atoms with Crippen molar-refractivity contribution in [2.24, 2.45) is 5.73 Å². The summed E-state index contributed by atoms with van der Waals surface area (Å²) >= 11 is 0. The molecule has 2 aromatic rings. The Bertz CT molecular complexity index is 1250. The highest BCUT2D eigenvalue weighted by molar-refractivity contribution is 7.89. The van der Waals surface area contributed by atoms with E-state index in [0.717, 1.165) is 10.8 Å². The van der Waals surface area contributed by atoms with Crippen LogP contribution in [0, 0.1) is 5.41 Å². The monoisotopic (exact) mass is 562 g/mol. The minimum Gasteiger partial charge on any atom is -0.481 e. The van der Waals surface area contributed by atoms with Gasteiger partial charge in [0.2, 0.25) is 15.9 Å². The molecular formula is C26H38N6O6S. The summed E-state index contributed by atoms with van der Waals surface area (Å²) in [4.78, 5) is 27.6. The van der Waals surface area contributed by atoms with Crippen molar-refractivity contribution in [3.8, 4) is 0 Å². The molecule has 1 aliphatic rings. The van der Waals surface area contributed by atoms with Crippen LogP contribution in [-0.2, 0) is 19.6 Å². The summed E-state index contributed by atoms with van der Waals surface area (Å²) in [6.45, 7) is 1.80. The van der Waals surface area contributed by atoms with E-state index in [1.807, 2.05) is 29.2 Å². The van der Waals surface area contributed by atoms with E-state index in [1.54, 1.807) is 17.0 Å². The molecule has 12 nitrogen and oxygen atoms in total. The Morgan fingerprint density at radius 2 is 1.69 bits per heavy atom. The van der Waals surface area contributed by atoms with Gasteiger partial charge in [0.25, 0.3) is 0 Å². The number of carboxylic acid groups (broad SMARTS) is 1. The summed E-state index contributed by atoms with van der Waals surface area (Å²) in [5, 5.41) is 30.9. The first-order valence-electron chi connectivity index (χ1n) is 13.1. The van der Waals surface area contributed by atoms with Gasteiger partial charge in [-0.25, -0.2) is 8.42 Å². The molecule has 0 aliphatic carbocycles. The number of hydrogen-bond donors (Lipinski definition) is 6. The summed E-state index contributed by atoms with van der Waals surface area (Å²) in [6.07, 6.45) is 1.47. The molecule has 7 N–H and O–H groups in total. The van der Waals surface area contributed by atoms with Gasteiger partial charge in [-0.15, -0.1) is 0 Å². The van der Waals surface area contributed by atoms with Crippen LogP contribution in [0.4, 0.5) is 0 Å². The number of benzene rings is 2. The standard InChI is InChI=1S/C26H38N6O6S/c27-26(28)29-13-5-8-22(30-39(37,38)21-12-11-19-6-1-2-7-20(19)18-21)25(36)32-16-14-31(15-17-32)23(33)9-3-4-10-24(34)35/h1-2,6-7,11-12,18,22-23,30,33H,3-5,8-10,13-17H2,(H,34,35)(H4,27,28,29)/t22-,23?/m0/s1. The zero-order valence-corrected chi connectivity index (χ0v) is 22.7. The highest BCUT2D eigenvalue weighted by atomic mass is 32.2. The Kier molecular flexibility index (Phi) is 11.0. The largest absolute Gasteiger partial charge is 0.481 e. The summed E-state index contributed by atoms with van der Waals surface area (Å²) in [6, 6.07) is 11.2. The lowest BCUT2D eigenvalue weighted by Crippen LogP contribution is -2.56. The van der Waals surface area contributed by atoms with E-state index in [2.05, 4.69) is 10.0 Å². The van der Waals surface area contributed by atoms with E-state index >= 15 is 0 Å². The Balaban J connectivity index is 1.64. The fourth-order valence-corrected chi connectivity index (χ4v) is 5.86. The van der Waals surface area contributed by atoms with E-state index in [4.69, 9.17) is 16.2 Å². The van der Waals surface area contributed by atoms with Crippen LogP contribution in [0.1, 0.15) is 38.5 Å². The smallest absolute Gasteiger partial charge is 0.303 e. The molecule has 1 amide bonds. The van der Waals surface area contributed by atoms with Gasteiger partial charge < -0.3 is 26.2 Å². The fourth-order valence-electron chi connectivity index (χ4n) is 4.60. The van der Waals surface area contributed by atoms with Crippen LogP contribution in [0.15, 0.2) is 47.4 Å². The predicted molar refractivity (Wildman–Crippen MR) is 147 cm³/mol. The quantitative estimate of drug-likeness (QED) is 0.110. The number of aliphatic hydroxyl groups is 1. The fraction of sp³-hybridized carbons (Fsp3) is 0.500. The SMILES string of the molecule is N=C(N)NCCC[C@H](NS(=O)(=O)c1ccc2ccccc2c1)C(=O)N1CCN(C(O)CCCCC(=O)O)CC1. The van der Waals surface area contributed by atoms with E-state index in [1.165, 1.54) is 6.07 Å². The first-order chi connectivity index (χ1) is 18.6. The number of carbonyl (C=O) groups excluding carboxylic acids is 1. The number of carboxylic acids is 1. The molecule has 2 aromatic carbocycles. The Hall–Kier alpha value is -3.26. The lowest BCUT2D eigenvalue weighted by Gasteiger charge is -2.38. The van der Waals surface area contributed by atoms with Crippen LogP contribution >= 0.6 is 0 Å². The van der Waals surface area contributed by atoms with E-state index < -0.39 is 28.3 Å². The van der Waals surface area contributed by atoms with Gasteiger partial charge >= 0.3 is 5.97 Å². The molecule has 1 aliphatic heterocycles. The first kappa shape index (κ1) is 30.3. The van der Waals surface area contributed by atoms with Crippen molar-refractivity contribution >= 4 is 38.6 Å². The van der Waals surface area contributed by atoms with Gasteiger partial charge in [-0.1, -0.05) is 30.3 Å². The number of guanidine groups is 1. The molecule has 3 rings (SSSR count). The topological polar surface area (TPSA) is 189 Å².